The molecule has 11 heavy (non-hydrogen) atoms. The van der Waals surface area contributed by atoms with Crippen LogP contribution in [0.3, 0.4) is 0 Å². The number of hydrogen-bond acceptors (Lipinski definition) is 2. The zero-order valence-electron chi connectivity index (χ0n) is 5.93. The van der Waals surface area contributed by atoms with E-state index in [4.69, 9.17) is 5.26 Å². The number of thiol groups is 1. The van der Waals surface area contributed by atoms with E-state index in [1.807, 2.05) is 0 Å². The topological polar surface area (TPSA) is 23.8 Å². The van der Waals surface area contributed by atoms with E-state index in [0.717, 1.165) is 5.56 Å². The summed E-state index contributed by atoms with van der Waals surface area (Å²) in [5.41, 5.74) is 0.783. The molecule has 0 aromatic heterocycles. The quantitative estimate of drug-likeness (QED) is 0.589. The smallest absolute Gasteiger partial charge is 0.142 e. The molecule has 0 saturated carbocycles. The maximum absolute atomic E-state index is 12.8. The lowest BCUT2D eigenvalue weighted by molar-refractivity contribution is 0.618. The van der Waals surface area contributed by atoms with Crippen molar-refractivity contribution in [2.24, 2.45) is 0 Å². The van der Waals surface area contributed by atoms with Crippen LogP contribution in [0.25, 0.3) is 0 Å². The summed E-state index contributed by atoms with van der Waals surface area (Å²) in [6.07, 6.45) is 0. The Morgan fingerprint density at radius 3 is 2.64 bits per heavy atom. The zero-order valence-corrected chi connectivity index (χ0v) is 6.82. The molecule has 0 aliphatic carbocycles. The zero-order chi connectivity index (χ0) is 8.43. The summed E-state index contributed by atoms with van der Waals surface area (Å²) >= 11 is 3.95. The summed E-state index contributed by atoms with van der Waals surface area (Å²) in [7, 11) is 0. The number of benzene rings is 1. The van der Waals surface area contributed by atoms with Crippen LogP contribution in [0.1, 0.15) is 11.1 Å². The molecule has 0 N–H and O–H groups in total. The molecule has 1 nitrogen and oxygen atoms in total. The molecule has 0 aliphatic rings. The van der Waals surface area contributed by atoms with Gasteiger partial charge in [-0.25, -0.2) is 4.39 Å². The van der Waals surface area contributed by atoms with Gasteiger partial charge in [0.1, 0.15) is 17.4 Å². The van der Waals surface area contributed by atoms with Crippen LogP contribution in [0.2, 0.25) is 0 Å². The Hall–Kier alpha value is -1.01. The van der Waals surface area contributed by atoms with Crippen LogP contribution in [-0.4, -0.2) is 0 Å². The van der Waals surface area contributed by atoms with Gasteiger partial charge in [-0.3, -0.25) is 0 Å². The monoisotopic (exact) mass is 167 g/mol. The Morgan fingerprint density at radius 2 is 2.18 bits per heavy atom. The van der Waals surface area contributed by atoms with E-state index in [2.05, 4.69) is 12.6 Å². The van der Waals surface area contributed by atoms with E-state index < -0.39 is 5.82 Å². The van der Waals surface area contributed by atoms with Crippen molar-refractivity contribution >= 4 is 12.6 Å². The minimum absolute atomic E-state index is 0.0129. The number of nitrogens with zero attached hydrogens (tertiary/aromatic N) is 1. The fraction of sp³-hybridized carbons (Fsp3) is 0.125. The highest BCUT2D eigenvalue weighted by molar-refractivity contribution is 7.80. The molecule has 0 heterocycles. The molecular formula is C8H6FNS. The molecule has 56 valence electrons. The molecule has 0 bridgehead atoms. The Kier molecular flexibility index (Phi) is 2.16. The van der Waals surface area contributed by atoms with E-state index in [9.17, 15) is 4.39 Å². The molecule has 3 heteroatoms. The SMILES string of the molecule is Cc1cc(F)c(C#N)c(S)c1. The van der Waals surface area contributed by atoms with E-state index in [-0.39, 0.29) is 5.56 Å². The summed E-state index contributed by atoms with van der Waals surface area (Å²) in [4.78, 5) is 0.394. The number of halogens is 1. The van der Waals surface area contributed by atoms with E-state index >= 15 is 0 Å². The predicted octanol–water partition coefficient (Wildman–Crippen LogP) is 2.29. The predicted molar refractivity (Wildman–Crippen MR) is 43.1 cm³/mol. The molecular weight excluding hydrogens is 161 g/mol. The van der Waals surface area contributed by atoms with Gasteiger partial charge < -0.3 is 0 Å². The molecule has 0 radical (unpaired) electrons. The van der Waals surface area contributed by atoms with E-state index in [1.165, 1.54) is 6.07 Å². The van der Waals surface area contributed by atoms with E-state index in [0.29, 0.717) is 4.90 Å². The third kappa shape index (κ3) is 1.52. The highest BCUT2D eigenvalue weighted by atomic mass is 32.1. The average molecular weight is 167 g/mol. The van der Waals surface area contributed by atoms with Crippen molar-refractivity contribution in [3.05, 3.63) is 29.1 Å². The molecule has 0 amide bonds. The van der Waals surface area contributed by atoms with Crippen molar-refractivity contribution < 1.29 is 4.39 Å². The number of rotatable bonds is 0. The fourth-order valence-electron chi connectivity index (χ4n) is 0.835. The first-order chi connectivity index (χ1) is 5.15. The maximum atomic E-state index is 12.8. The molecule has 1 rings (SSSR count). The van der Waals surface area contributed by atoms with Crippen molar-refractivity contribution in [3.63, 3.8) is 0 Å². The Bertz CT molecular complexity index is 304. The summed E-state index contributed by atoms with van der Waals surface area (Å²) in [5, 5.41) is 8.45. The van der Waals surface area contributed by atoms with Crippen molar-refractivity contribution in [2.45, 2.75) is 11.8 Å². The number of nitriles is 1. The second kappa shape index (κ2) is 2.93. The lowest BCUT2D eigenvalue weighted by atomic mass is 10.1. The Balaban J connectivity index is 3.40. The van der Waals surface area contributed by atoms with Gasteiger partial charge in [0, 0.05) is 4.90 Å². The third-order valence-corrected chi connectivity index (χ3v) is 1.68. The lowest BCUT2D eigenvalue weighted by Gasteiger charge is -1.98. The van der Waals surface area contributed by atoms with Gasteiger partial charge in [-0.05, 0) is 24.6 Å². The van der Waals surface area contributed by atoms with Gasteiger partial charge in [0.25, 0.3) is 0 Å². The standard InChI is InChI=1S/C8H6FNS/c1-5-2-7(9)6(4-10)8(11)3-5/h2-3,11H,1H3. The van der Waals surface area contributed by atoms with Crippen LogP contribution < -0.4 is 0 Å². The molecule has 0 saturated heterocycles. The van der Waals surface area contributed by atoms with Crippen LogP contribution in [0.4, 0.5) is 4.39 Å². The first kappa shape index (κ1) is 8.09. The lowest BCUT2D eigenvalue weighted by Crippen LogP contribution is -1.87. The minimum atomic E-state index is -0.502. The minimum Gasteiger partial charge on any atom is -0.205 e. The second-order valence-electron chi connectivity index (χ2n) is 2.25. The van der Waals surface area contributed by atoms with Gasteiger partial charge in [0.15, 0.2) is 0 Å². The molecule has 0 unspecified atom stereocenters. The van der Waals surface area contributed by atoms with Crippen molar-refractivity contribution in [2.75, 3.05) is 0 Å². The molecule has 1 aromatic carbocycles. The normalized spacial score (nSPS) is 9.27. The van der Waals surface area contributed by atoms with Gasteiger partial charge in [-0.2, -0.15) is 5.26 Å². The summed E-state index contributed by atoms with van der Waals surface area (Å²) in [6, 6.07) is 4.71. The van der Waals surface area contributed by atoms with Gasteiger partial charge in [-0.1, -0.05) is 0 Å². The molecule has 0 spiro atoms. The third-order valence-electron chi connectivity index (χ3n) is 1.33. The highest BCUT2D eigenvalue weighted by Crippen LogP contribution is 2.18. The van der Waals surface area contributed by atoms with Crippen molar-refractivity contribution in [1.82, 2.24) is 0 Å². The van der Waals surface area contributed by atoms with Gasteiger partial charge in [-0.15, -0.1) is 12.6 Å². The molecule has 0 fully saturated rings. The highest BCUT2D eigenvalue weighted by Gasteiger charge is 2.05. The first-order valence-electron chi connectivity index (χ1n) is 3.04. The molecule has 0 atom stereocenters. The largest absolute Gasteiger partial charge is 0.205 e. The average Bonchev–Trinajstić information content (AvgIpc) is 1.85. The van der Waals surface area contributed by atoms with Crippen LogP contribution >= 0.6 is 12.6 Å². The van der Waals surface area contributed by atoms with Crippen LogP contribution in [0.5, 0.6) is 0 Å². The Labute approximate surface area is 69.9 Å². The summed E-state index contributed by atoms with van der Waals surface area (Å²) < 4.78 is 12.8. The van der Waals surface area contributed by atoms with Crippen LogP contribution in [-0.2, 0) is 0 Å². The molecule has 1 aromatic rings. The second-order valence-corrected chi connectivity index (χ2v) is 2.73. The first-order valence-corrected chi connectivity index (χ1v) is 3.49. The maximum Gasteiger partial charge on any atom is 0.142 e. The van der Waals surface area contributed by atoms with E-state index in [1.54, 1.807) is 19.1 Å². The molecule has 0 aliphatic heterocycles. The summed E-state index contributed by atoms with van der Waals surface area (Å²) in [6.45, 7) is 1.75. The Morgan fingerprint density at radius 1 is 1.55 bits per heavy atom. The number of aryl methyl sites for hydroxylation is 1. The van der Waals surface area contributed by atoms with Gasteiger partial charge in [0.05, 0.1) is 0 Å². The van der Waals surface area contributed by atoms with Crippen molar-refractivity contribution in [3.8, 4) is 6.07 Å². The van der Waals surface area contributed by atoms with Gasteiger partial charge in [0.2, 0.25) is 0 Å². The number of hydrogen-bond donors (Lipinski definition) is 1. The van der Waals surface area contributed by atoms with Crippen LogP contribution in [0, 0.1) is 24.1 Å². The van der Waals surface area contributed by atoms with Crippen LogP contribution in [0.15, 0.2) is 17.0 Å². The fourth-order valence-corrected chi connectivity index (χ4v) is 1.20. The van der Waals surface area contributed by atoms with Crippen molar-refractivity contribution in [1.29, 1.82) is 5.26 Å². The summed E-state index contributed by atoms with van der Waals surface area (Å²) in [5.74, 6) is -0.502. The van der Waals surface area contributed by atoms with Gasteiger partial charge >= 0.3 is 0 Å².